The van der Waals surface area contributed by atoms with E-state index in [-0.39, 0.29) is 19.3 Å². The third-order valence-electron chi connectivity index (χ3n) is 12.2. The number of carbonyl (C=O) groups excluding carboxylic acids is 4. The van der Waals surface area contributed by atoms with Crippen LogP contribution in [-0.4, -0.2) is 96.7 Å². The van der Waals surface area contributed by atoms with E-state index >= 15 is 0 Å². The van der Waals surface area contributed by atoms with E-state index in [1.165, 1.54) is 51.0 Å². The highest BCUT2D eigenvalue weighted by Gasteiger charge is 2.30. The van der Waals surface area contributed by atoms with Crippen LogP contribution < -0.4 is 0 Å². The summed E-state index contributed by atoms with van der Waals surface area (Å²) in [6.45, 7) is 4.32. The number of allylic oxidation sites excluding steroid dienone is 12. The lowest BCUT2D eigenvalue weighted by Crippen LogP contribution is -2.30. The fourth-order valence-corrected chi connectivity index (χ4v) is 9.09. The Morgan fingerprint density at radius 2 is 0.840 bits per heavy atom. The second kappa shape index (κ2) is 55.4. The Morgan fingerprint density at radius 3 is 1.43 bits per heavy atom. The lowest BCUT2D eigenvalue weighted by molar-refractivity contribution is -0.161. The first kappa shape index (κ1) is 77.2. The van der Waals surface area contributed by atoms with Crippen LogP contribution in [0.1, 0.15) is 227 Å². The molecule has 0 aliphatic heterocycles. The Hall–Kier alpha value is -3.76. The molecule has 0 aliphatic rings. The van der Waals surface area contributed by atoms with Crippen LogP contribution in [0.25, 0.3) is 0 Å². The van der Waals surface area contributed by atoms with Crippen molar-refractivity contribution in [1.82, 2.24) is 0 Å². The summed E-state index contributed by atoms with van der Waals surface area (Å²) in [7, 11) is -9.95. The smallest absolute Gasteiger partial charge is 0.462 e. The minimum Gasteiger partial charge on any atom is -0.462 e. The first-order valence-electron chi connectivity index (χ1n) is 30.4. The van der Waals surface area contributed by atoms with Gasteiger partial charge in [0, 0.05) is 18.9 Å². The van der Waals surface area contributed by atoms with E-state index in [1.54, 1.807) is 12.2 Å². The fourth-order valence-electron chi connectivity index (χ4n) is 7.51. The first-order chi connectivity index (χ1) is 39.2. The van der Waals surface area contributed by atoms with Crippen molar-refractivity contribution in [2.75, 3.05) is 39.6 Å². The van der Waals surface area contributed by atoms with Crippen molar-refractivity contribution < 1.29 is 80.2 Å². The Morgan fingerprint density at radius 1 is 0.407 bits per heavy atom. The van der Waals surface area contributed by atoms with Gasteiger partial charge in [0.15, 0.2) is 12.2 Å². The molecule has 2 unspecified atom stereocenters. The van der Waals surface area contributed by atoms with Gasteiger partial charge in [-0.05, 0) is 96.3 Å². The topological polar surface area (TPSA) is 237 Å². The van der Waals surface area contributed by atoms with Gasteiger partial charge in [-0.15, -0.1) is 0 Å². The molecule has 0 heterocycles. The van der Waals surface area contributed by atoms with Crippen LogP contribution in [0.4, 0.5) is 0 Å². The Bertz CT molecular complexity index is 1890. The molecular weight excluding hydrogens is 1080 g/mol. The van der Waals surface area contributed by atoms with E-state index < -0.39 is 97.5 Å². The van der Waals surface area contributed by atoms with Gasteiger partial charge < -0.3 is 33.8 Å². The number of esters is 4. The van der Waals surface area contributed by atoms with Gasteiger partial charge in [-0.3, -0.25) is 32.5 Å². The van der Waals surface area contributed by atoms with Crippen LogP contribution in [0, 0.1) is 0 Å². The van der Waals surface area contributed by atoms with E-state index in [9.17, 15) is 43.2 Å². The normalized spacial score (nSPS) is 14.9. The highest BCUT2D eigenvalue weighted by Crippen LogP contribution is 2.45. The molecule has 0 fully saturated rings. The van der Waals surface area contributed by atoms with Crippen molar-refractivity contribution in [3.63, 3.8) is 0 Å². The minimum atomic E-state index is -4.99. The zero-order valence-corrected chi connectivity index (χ0v) is 51.7. The summed E-state index contributed by atoms with van der Waals surface area (Å²) in [5.41, 5.74) is 0. The van der Waals surface area contributed by atoms with Crippen molar-refractivity contribution in [3.8, 4) is 0 Å². The number of phosphoric acid groups is 2. The summed E-state index contributed by atoms with van der Waals surface area (Å²) in [5, 5.41) is 10.5. The van der Waals surface area contributed by atoms with Crippen LogP contribution in [0.5, 0.6) is 0 Å². The van der Waals surface area contributed by atoms with E-state index in [1.807, 2.05) is 24.3 Å². The molecular formula is C62H106O17P2. The monoisotopic (exact) mass is 1180 g/mol. The number of unbranched alkanes of at least 4 members (excludes halogenated alkanes) is 20. The first-order valence-corrected chi connectivity index (χ1v) is 33.4. The van der Waals surface area contributed by atoms with Crippen LogP contribution in [0.15, 0.2) is 85.1 Å². The highest BCUT2D eigenvalue weighted by molar-refractivity contribution is 7.47. The molecule has 0 spiro atoms. The molecule has 3 N–H and O–H groups in total. The predicted octanol–water partition coefficient (Wildman–Crippen LogP) is 15.6. The van der Waals surface area contributed by atoms with Crippen molar-refractivity contribution >= 4 is 39.5 Å². The Labute approximate surface area is 487 Å². The standard InChI is InChI=1S/C62H106O17P2/c1-5-9-13-17-21-24-27-30-33-36-40-43-47-60(65)72-52-57(78-61(66)48-44-38-20-16-12-8-4)54-76-80(68,69)74-50-56(63)51-75-81(70,71)77-55-58(53-73-59(64)46-42-39-35-32-29-26-23-19-15-11-7-3)79-62(67)49-45-41-37-34-31-28-25-22-18-14-10-6-2/h10,14,21-22,24-26,28-29,31,41-42,45-46,56-58,63H,5-9,11-13,15-20,23,27,30,32-40,43-44,47-55H2,1-4H3,(H,68,69)(H,70,71)/b14-10-,24-21+,25-22?,29-26+,31-28?,45-41+,46-42+/t56-,57+,58+/m0/s1. The molecule has 0 bridgehead atoms. The maximum Gasteiger partial charge on any atom is 0.472 e. The number of aliphatic hydroxyl groups is 1. The van der Waals surface area contributed by atoms with Crippen molar-refractivity contribution in [1.29, 1.82) is 0 Å². The summed E-state index contributed by atoms with van der Waals surface area (Å²) in [4.78, 5) is 71.6. The van der Waals surface area contributed by atoms with Crippen LogP contribution in [0.2, 0.25) is 0 Å². The van der Waals surface area contributed by atoms with Crippen LogP contribution in [0.3, 0.4) is 0 Å². The molecule has 5 atom stereocenters. The molecule has 0 rings (SSSR count). The molecule has 0 saturated heterocycles. The number of ether oxygens (including phenoxy) is 4. The average Bonchev–Trinajstić information content (AvgIpc) is 3.44. The SMILES string of the molecule is CC/C=C\CC=CC=CCC/C=C/CC(=O)O[C@H](COC(=O)/C=C/CCC/C=C/CCCCCC)COP(=O)(O)OC[C@@H](O)COP(=O)(O)OC[C@@H](COC(=O)CCCCCCC/C=C/CCCCC)OC(=O)CCCCCCCC. The van der Waals surface area contributed by atoms with E-state index in [0.29, 0.717) is 25.7 Å². The lowest BCUT2D eigenvalue weighted by Gasteiger charge is -2.21. The van der Waals surface area contributed by atoms with Crippen molar-refractivity contribution in [2.45, 2.75) is 245 Å². The van der Waals surface area contributed by atoms with Crippen LogP contribution >= 0.6 is 15.6 Å². The van der Waals surface area contributed by atoms with E-state index in [2.05, 4.69) is 70.2 Å². The average molecular weight is 1190 g/mol. The Balaban J connectivity index is 5.33. The number of aliphatic hydroxyl groups excluding tert-OH is 1. The molecule has 0 aromatic rings. The lowest BCUT2D eigenvalue weighted by atomic mass is 10.1. The van der Waals surface area contributed by atoms with Crippen molar-refractivity contribution in [2.24, 2.45) is 0 Å². The van der Waals surface area contributed by atoms with Gasteiger partial charge in [0.1, 0.15) is 19.3 Å². The summed E-state index contributed by atoms with van der Waals surface area (Å²) >= 11 is 0. The maximum absolute atomic E-state index is 12.9. The summed E-state index contributed by atoms with van der Waals surface area (Å²) in [6, 6.07) is 0. The molecule has 81 heavy (non-hydrogen) atoms. The van der Waals surface area contributed by atoms with Gasteiger partial charge in [-0.1, -0.05) is 190 Å². The molecule has 17 nitrogen and oxygen atoms in total. The third-order valence-corrected chi connectivity index (χ3v) is 14.1. The number of rotatable bonds is 56. The highest BCUT2D eigenvalue weighted by atomic mass is 31.2. The summed E-state index contributed by atoms with van der Waals surface area (Å²) in [5.74, 6) is -2.55. The number of hydrogen-bond donors (Lipinski definition) is 3. The van der Waals surface area contributed by atoms with Crippen LogP contribution in [-0.2, 0) is 65.4 Å². The van der Waals surface area contributed by atoms with Gasteiger partial charge in [0.2, 0.25) is 0 Å². The molecule has 0 radical (unpaired) electrons. The number of hydrogen-bond acceptors (Lipinski definition) is 15. The van der Waals surface area contributed by atoms with Crippen molar-refractivity contribution in [3.05, 3.63) is 85.1 Å². The number of phosphoric ester groups is 2. The molecule has 0 aromatic carbocycles. The Kier molecular flexibility index (Phi) is 52.9. The predicted molar refractivity (Wildman–Crippen MR) is 321 cm³/mol. The number of carbonyl (C=O) groups is 4. The summed E-state index contributed by atoms with van der Waals surface area (Å²) in [6.07, 6.45) is 50.6. The van der Waals surface area contributed by atoms with Gasteiger partial charge in [0.25, 0.3) is 0 Å². The van der Waals surface area contributed by atoms with Gasteiger partial charge >= 0.3 is 39.5 Å². The molecule has 19 heteroatoms. The second-order valence-electron chi connectivity index (χ2n) is 20.0. The molecule has 0 aromatic heterocycles. The van der Waals surface area contributed by atoms with Gasteiger partial charge in [0.05, 0.1) is 32.8 Å². The fraction of sp³-hybridized carbons (Fsp3) is 0.710. The quantitative estimate of drug-likeness (QED) is 0.00976. The zero-order valence-electron chi connectivity index (χ0n) is 49.9. The van der Waals surface area contributed by atoms with Gasteiger partial charge in [-0.25, -0.2) is 13.9 Å². The maximum atomic E-state index is 12.9. The van der Waals surface area contributed by atoms with Gasteiger partial charge in [-0.2, -0.15) is 0 Å². The second-order valence-corrected chi connectivity index (χ2v) is 22.9. The third kappa shape index (κ3) is 55.2. The summed E-state index contributed by atoms with van der Waals surface area (Å²) < 4.78 is 67.3. The molecule has 0 amide bonds. The minimum absolute atomic E-state index is 0.0881. The molecule has 0 saturated carbocycles. The van der Waals surface area contributed by atoms with E-state index in [4.69, 9.17) is 37.0 Å². The zero-order chi connectivity index (χ0) is 59.8. The van der Waals surface area contributed by atoms with E-state index in [0.717, 1.165) is 109 Å². The molecule has 466 valence electrons. The largest absolute Gasteiger partial charge is 0.472 e. The molecule has 0 aliphatic carbocycles.